The van der Waals surface area contributed by atoms with Crippen molar-refractivity contribution in [3.8, 4) is 0 Å². The number of hydrogen-bond acceptors (Lipinski definition) is 4. The maximum atomic E-state index is 10.4. The average Bonchev–Trinajstić information content (AvgIpc) is 3.11. The van der Waals surface area contributed by atoms with E-state index < -0.39 is 11.2 Å². The van der Waals surface area contributed by atoms with Gasteiger partial charge in [-0.25, -0.2) is 0 Å². The van der Waals surface area contributed by atoms with Crippen LogP contribution in [0.1, 0.15) is 70.0 Å². The molecule has 0 saturated carbocycles. The van der Waals surface area contributed by atoms with Gasteiger partial charge in [-0.2, -0.15) is 0 Å². The monoisotopic (exact) mass is 491 g/mol. The lowest BCUT2D eigenvalue weighted by atomic mass is 9.77. The molecule has 37 heavy (non-hydrogen) atoms. The van der Waals surface area contributed by atoms with Crippen LogP contribution in [0, 0.1) is 0 Å². The molecule has 0 amide bonds. The minimum Gasteiger partial charge on any atom is -0.427 e. The van der Waals surface area contributed by atoms with Gasteiger partial charge in [0.15, 0.2) is 0 Å². The molecule has 0 fully saturated rings. The summed E-state index contributed by atoms with van der Waals surface area (Å²) in [6, 6.07) is 27.6. The molecule has 1 N–H and O–H groups in total. The Morgan fingerprint density at radius 3 is 2.16 bits per heavy atom. The van der Waals surface area contributed by atoms with Crippen molar-refractivity contribution in [2.75, 3.05) is 7.05 Å². The molecule has 3 aromatic rings. The topological polar surface area (TPSA) is 45.1 Å². The minimum absolute atomic E-state index is 0.112. The smallest absolute Gasteiger partial charge is 0.330 e. The molecule has 1 aliphatic heterocycles. The van der Waals surface area contributed by atoms with Crippen molar-refractivity contribution in [3.05, 3.63) is 107 Å². The summed E-state index contributed by atoms with van der Waals surface area (Å²) in [5.74, 6) is 0. The molecule has 1 heterocycles. The van der Waals surface area contributed by atoms with E-state index >= 15 is 0 Å². The van der Waals surface area contributed by atoms with Crippen LogP contribution >= 0.6 is 0 Å². The first-order valence-corrected chi connectivity index (χ1v) is 13.0. The van der Waals surface area contributed by atoms with E-state index in [2.05, 4.69) is 98.6 Å². The third kappa shape index (κ3) is 4.34. The van der Waals surface area contributed by atoms with E-state index in [-0.39, 0.29) is 11.6 Å². The fourth-order valence-electron chi connectivity index (χ4n) is 5.19. The Balaban J connectivity index is 1.56. The van der Waals surface area contributed by atoms with E-state index in [1.54, 1.807) is 21.3 Å². The van der Waals surface area contributed by atoms with E-state index in [9.17, 15) is 5.11 Å². The molecule has 4 nitrogen and oxygen atoms in total. The maximum Gasteiger partial charge on any atom is 0.330 e. The predicted octanol–water partition coefficient (Wildman–Crippen LogP) is 5.63. The summed E-state index contributed by atoms with van der Waals surface area (Å²) >= 11 is 0. The number of allylic oxidation sites excluding steroid dienone is 1. The van der Waals surface area contributed by atoms with E-state index in [1.165, 1.54) is 28.0 Å². The van der Waals surface area contributed by atoms with Gasteiger partial charge in [0.2, 0.25) is 0 Å². The van der Waals surface area contributed by atoms with Crippen molar-refractivity contribution in [3.63, 3.8) is 0 Å². The second-order valence-corrected chi connectivity index (χ2v) is 11.7. The molecule has 1 radical (unpaired) electrons. The summed E-state index contributed by atoms with van der Waals surface area (Å²) in [7, 11) is 3.89. The highest BCUT2D eigenvalue weighted by Crippen LogP contribution is 2.52. The van der Waals surface area contributed by atoms with E-state index in [0.717, 1.165) is 16.7 Å². The number of aliphatic hydroxyl groups is 1. The standard InChI is InChI=1S/C32H36BN2O2/c1-30(2)25-16-12-11-15-24(25)28-26(30)27(34-29(35(28)7)22-13-9-8-10-14-22)21-17-19-23(20-18-21)33-37-32(5,6)31(3,4)36/h8-20,29,36H,1-7H3. The highest BCUT2D eigenvalue weighted by Gasteiger charge is 2.45. The Kier molecular flexibility index (Phi) is 6.20. The largest absolute Gasteiger partial charge is 0.427 e. The van der Waals surface area contributed by atoms with E-state index in [1.807, 2.05) is 19.9 Å². The second kappa shape index (κ2) is 9.00. The molecule has 189 valence electrons. The number of benzene rings is 3. The molecule has 0 saturated heterocycles. The molecule has 1 aliphatic carbocycles. The van der Waals surface area contributed by atoms with Gasteiger partial charge in [0, 0.05) is 29.2 Å². The van der Waals surface area contributed by atoms with E-state index in [4.69, 9.17) is 9.65 Å². The number of nitrogens with zero attached hydrogens (tertiary/aromatic N) is 2. The molecule has 1 atom stereocenters. The van der Waals surface area contributed by atoms with Crippen molar-refractivity contribution in [2.45, 2.75) is 64.3 Å². The van der Waals surface area contributed by atoms with Crippen LogP contribution in [-0.2, 0) is 10.1 Å². The van der Waals surface area contributed by atoms with Crippen LogP contribution in [0.4, 0.5) is 0 Å². The van der Waals surface area contributed by atoms with Gasteiger partial charge < -0.3 is 14.7 Å². The van der Waals surface area contributed by atoms with Crippen molar-refractivity contribution in [1.29, 1.82) is 0 Å². The van der Waals surface area contributed by atoms with Crippen molar-refractivity contribution >= 4 is 24.4 Å². The minimum atomic E-state index is -0.968. The maximum absolute atomic E-state index is 10.4. The molecule has 0 spiro atoms. The highest BCUT2D eigenvalue weighted by molar-refractivity contribution is 6.47. The fraction of sp³-hybridized carbons (Fsp3) is 0.344. The summed E-state index contributed by atoms with van der Waals surface area (Å²) in [6.45, 7) is 11.9. The summed E-state index contributed by atoms with van der Waals surface area (Å²) in [4.78, 5) is 7.71. The normalized spacial score (nSPS) is 18.9. The van der Waals surface area contributed by atoms with Gasteiger partial charge in [-0.3, -0.25) is 4.99 Å². The third-order valence-electron chi connectivity index (χ3n) is 8.17. The Labute approximate surface area is 222 Å². The zero-order chi connectivity index (χ0) is 26.6. The van der Waals surface area contributed by atoms with Crippen LogP contribution < -0.4 is 5.46 Å². The third-order valence-corrected chi connectivity index (χ3v) is 8.17. The molecule has 5 heteroatoms. The number of fused-ring (bicyclic) bond motifs is 2. The van der Waals surface area contributed by atoms with Gasteiger partial charge in [-0.15, -0.1) is 0 Å². The van der Waals surface area contributed by atoms with Crippen LogP contribution in [-0.4, -0.2) is 41.5 Å². The zero-order valence-electron chi connectivity index (χ0n) is 22.9. The predicted molar refractivity (Wildman–Crippen MR) is 153 cm³/mol. The van der Waals surface area contributed by atoms with Crippen LogP contribution in [0.15, 0.2) is 89.4 Å². The molecule has 5 rings (SSSR count). The van der Waals surface area contributed by atoms with Gasteiger partial charge in [0.05, 0.1) is 22.6 Å². The lowest BCUT2D eigenvalue weighted by molar-refractivity contribution is -0.0893. The first kappa shape index (κ1) is 25.5. The summed E-state index contributed by atoms with van der Waals surface area (Å²) in [5.41, 5.74) is 7.51. The average molecular weight is 491 g/mol. The van der Waals surface area contributed by atoms with Gasteiger partial charge in [0.25, 0.3) is 0 Å². The van der Waals surface area contributed by atoms with Gasteiger partial charge in [-0.1, -0.05) is 98.2 Å². The number of hydrogen-bond donors (Lipinski definition) is 1. The Hall–Kier alpha value is -3.15. The summed E-state index contributed by atoms with van der Waals surface area (Å²) < 4.78 is 5.98. The summed E-state index contributed by atoms with van der Waals surface area (Å²) in [6.07, 6.45) is -0.112. The van der Waals surface area contributed by atoms with Gasteiger partial charge in [-0.05, 0) is 38.8 Å². The Morgan fingerprint density at radius 1 is 0.892 bits per heavy atom. The van der Waals surface area contributed by atoms with Gasteiger partial charge in [0.1, 0.15) is 6.17 Å². The Bertz CT molecular complexity index is 1370. The summed E-state index contributed by atoms with van der Waals surface area (Å²) in [5, 5.41) is 10.4. The van der Waals surface area contributed by atoms with E-state index in [0.29, 0.717) is 0 Å². The number of rotatable bonds is 6. The van der Waals surface area contributed by atoms with Crippen molar-refractivity contribution < 1.29 is 9.76 Å². The molecular weight excluding hydrogens is 455 g/mol. The first-order chi connectivity index (χ1) is 17.4. The molecular formula is C32H36BN2O2. The lowest BCUT2D eigenvalue weighted by Gasteiger charge is -2.37. The quantitative estimate of drug-likeness (QED) is 0.455. The van der Waals surface area contributed by atoms with Crippen LogP contribution in [0.25, 0.3) is 5.70 Å². The highest BCUT2D eigenvalue weighted by atomic mass is 16.5. The van der Waals surface area contributed by atoms with Crippen molar-refractivity contribution in [1.82, 2.24) is 4.90 Å². The van der Waals surface area contributed by atoms with Crippen molar-refractivity contribution in [2.24, 2.45) is 4.99 Å². The zero-order valence-corrected chi connectivity index (χ0v) is 22.9. The van der Waals surface area contributed by atoms with Crippen LogP contribution in [0.2, 0.25) is 0 Å². The fourth-order valence-corrected chi connectivity index (χ4v) is 5.19. The molecule has 0 aromatic heterocycles. The molecule has 1 unspecified atom stereocenters. The first-order valence-electron chi connectivity index (χ1n) is 13.0. The van der Waals surface area contributed by atoms with Gasteiger partial charge >= 0.3 is 7.48 Å². The molecule has 3 aromatic carbocycles. The molecule has 0 bridgehead atoms. The second-order valence-electron chi connectivity index (χ2n) is 11.7. The molecule has 2 aliphatic rings. The number of aliphatic imine (C=N–C) groups is 1. The lowest BCUT2D eigenvalue weighted by Crippen LogP contribution is -2.49. The van der Waals surface area contributed by atoms with Crippen LogP contribution in [0.3, 0.4) is 0 Å². The Morgan fingerprint density at radius 2 is 1.51 bits per heavy atom. The SMILES string of the molecule is CN1C2=C(C(c3ccc([B]OC(C)(C)C(C)(C)O)cc3)=NC1c1ccccc1)C(C)(C)c1ccccc12. The van der Waals surface area contributed by atoms with Crippen LogP contribution in [0.5, 0.6) is 0 Å².